The third-order valence-corrected chi connectivity index (χ3v) is 3.93. The molecular formula is C9H14N4O4S. The molecule has 0 aliphatic rings. The highest BCUT2D eigenvalue weighted by molar-refractivity contribution is 7.89. The van der Waals surface area contributed by atoms with Gasteiger partial charge in [0.25, 0.3) is 0 Å². The van der Waals surface area contributed by atoms with Gasteiger partial charge in [-0.3, -0.25) is 0 Å². The summed E-state index contributed by atoms with van der Waals surface area (Å²) in [7, 11) is -0.351. The SMILES string of the molecule is CN(C)S(=O)(=O)CCNc1cnc(C(=O)O)cn1. The highest BCUT2D eigenvalue weighted by Gasteiger charge is 2.12. The fourth-order valence-electron chi connectivity index (χ4n) is 1.02. The van der Waals surface area contributed by atoms with E-state index in [0.717, 1.165) is 10.5 Å². The number of hydrogen-bond donors (Lipinski definition) is 2. The molecule has 1 rings (SSSR count). The van der Waals surface area contributed by atoms with Crippen molar-refractivity contribution in [1.82, 2.24) is 14.3 Å². The Morgan fingerprint density at radius 3 is 2.50 bits per heavy atom. The van der Waals surface area contributed by atoms with Gasteiger partial charge in [0, 0.05) is 20.6 Å². The number of aromatic nitrogens is 2. The highest BCUT2D eigenvalue weighted by Crippen LogP contribution is 2.01. The van der Waals surface area contributed by atoms with Crippen LogP contribution < -0.4 is 5.32 Å². The number of aromatic carboxylic acids is 1. The van der Waals surface area contributed by atoms with Crippen molar-refractivity contribution in [2.75, 3.05) is 31.7 Å². The van der Waals surface area contributed by atoms with Gasteiger partial charge in [-0.25, -0.2) is 27.5 Å². The van der Waals surface area contributed by atoms with Gasteiger partial charge in [-0.1, -0.05) is 0 Å². The van der Waals surface area contributed by atoms with Gasteiger partial charge in [-0.2, -0.15) is 0 Å². The molecule has 0 unspecified atom stereocenters. The van der Waals surface area contributed by atoms with E-state index in [1.54, 1.807) is 0 Å². The lowest BCUT2D eigenvalue weighted by Gasteiger charge is -2.11. The first kappa shape index (κ1) is 14.3. The van der Waals surface area contributed by atoms with Crippen LogP contribution in [0.25, 0.3) is 0 Å². The van der Waals surface area contributed by atoms with Crippen LogP contribution in [0.15, 0.2) is 12.4 Å². The topological polar surface area (TPSA) is 112 Å². The number of carbonyl (C=O) groups is 1. The van der Waals surface area contributed by atoms with Gasteiger partial charge in [0.05, 0.1) is 18.1 Å². The van der Waals surface area contributed by atoms with Gasteiger partial charge >= 0.3 is 5.97 Å². The van der Waals surface area contributed by atoms with Crippen molar-refractivity contribution < 1.29 is 18.3 Å². The highest BCUT2D eigenvalue weighted by atomic mass is 32.2. The quantitative estimate of drug-likeness (QED) is 0.717. The monoisotopic (exact) mass is 274 g/mol. The summed E-state index contributed by atoms with van der Waals surface area (Å²) in [5.74, 6) is -0.916. The summed E-state index contributed by atoms with van der Waals surface area (Å²) in [6, 6.07) is 0. The van der Waals surface area contributed by atoms with Crippen molar-refractivity contribution in [3.8, 4) is 0 Å². The summed E-state index contributed by atoms with van der Waals surface area (Å²) in [5.41, 5.74) is -0.165. The molecule has 2 N–H and O–H groups in total. The Bertz CT molecular complexity index is 512. The third-order valence-electron chi connectivity index (χ3n) is 2.09. The average Bonchev–Trinajstić information content (AvgIpc) is 2.29. The Kier molecular flexibility index (Phi) is 4.56. The van der Waals surface area contributed by atoms with E-state index in [4.69, 9.17) is 5.11 Å². The molecule has 0 bridgehead atoms. The first-order chi connectivity index (χ1) is 8.33. The summed E-state index contributed by atoms with van der Waals surface area (Å²) in [6.07, 6.45) is 2.34. The average molecular weight is 274 g/mol. The van der Waals surface area contributed by atoms with Crippen LogP contribution >= 0.6 is 0 Å². The first-order valence-electron chi connectivity index (χ1n) is 5.02. The van der Waals surface area contributed by atoms with E-state index in [0.29, 0.717) is 5.82 Å². The number of carboxylic acids is 1. The second-order valence-corrected chi connectivity index (χ2v) is 5.92. The molecule has 0 saturated carbocycles. The second kappa shape index (κ2) is 5.74. The van der Waals surface area contributed by atoms with E-state index in [9.17, 15) is 13.2 Å². The van der Waals surface area contributed by atoms with Crippen molar-refractivity contribution in [2.24, 2.45) is 0 Å². The van der Waals surface area contributed by atoms with Crippen LogP contribution in [0.5, 0.6) is 0 Å². The summed E-state index contributed by atoms with van der Waals surface area (Å²) in [5, 5.41) is 11.4. The Morgan fingerprint density at radius 2 is 2.06 bits per heavy atom. The summed E-state index contributed by atoms with van der Waals surface area (Å²) < 4.78 is 24.0. The normalized spacial score (nSPS) is 11.5. The van der Waals surface area contributed by atoms with Gasteiger partial charge in [-0.05, 0) is 0 Å². The molecule has 1 aromatic heterocycles. The molecule has 1 heterocycles. The lowest BCUT2D eigenvalue weighted by Crippen LogP contribution is -2.28. The standard InChI is InChI=1S/C9H14N4O4S/c1-13(2)18(16,17)4-3-10-8-6-11-7(5-12-8)9(14)15/h5-6H,3-4H2,1-2H3,(H,10,12)(H,14,15). The van der Waals surface area contributed by atoms with Crippen LogP contribution in [-0.2, 0) is 10.0 Å². The minimum atomic E-state index is -3.26. The van der Waals surface area contributed by atoms with Crippen molar-refractivity contribution in [2.45, 2.75) is 0 Å². The zero-order chi connectivity index (χ0) is 13.8. The molecule has 0 aliphatic carbocycles. The van der Waals surface area contributed by atoms with Gasteiger partial charge in [0.2, 0.25) is 10.0 Å². The van der Waals surface area contributed by atoms with E-state index in [1.807, 2.05) is 0 Å². The maximum Gasteiger partial charge on any atom is 0.356 e. The van der Waals surface area contributed by atoms with Gasteiger partial charge in [0.1, 0.15) is 5.82 Å². The van der Waals surface area contributed by atoms with Gasteiger partial charge in [0.15, 0.2) is 5.69 Å². The molecule has 0 aliphatic heterocycles. The predicted molar refractivity (Wildman–Crippen MR) is 65.0 cm³/mol. The minimum Gasteiger partial charge on any atom is -0.476 e. The van der Waals surface area contributed by atoms with E-state index in [1.165, 1.54) is 20.3 Å². The van der Waals surface area contributed by atoms with Gasteiger partial charge < -0.3 is 10.4 Å². The van der Waals surface area contributed by atoms with E-state index >= 15 is 0 Å². The predicted octanol–water partition coefficient (Wildman–Crippen LogP) is -0.522. The van der Waals surface area contributed by atoms with Crippen molar-refractivity contribution >= 4 is 21.8 Å². The van der Waals surface area contributed by atoms with Crippen LogP contribution in [0.1, 0.15) is 10.5 Å². The molecule has 0 atom stereocenters. The molecule has 18 heavy (non-hydrogen) atoms. The molecule has 8 nitrogen and oxygen atoms in total. The number of anilines is 1. The molecule has 0 spiro atoms. The maximum atomic E-state index is 11.4. The zero-order valence-electron chi connectivity index (χ0n) is 9.99. The van der Waals surface area contributed by atoms with Gasteiger partial charge in [-0.15, -0.1) is 0 Å². The van der Waals surface area contributed by atoms with Crippen LogP contribution in [0, 0.1) is 0 Å². The Labute approximate surface area is 105 Å². The number of nitrogens with one attached hydrogen (secondary N) is 1. The molecule has 1 aromatic rings. The molecular weight excluding hydrogens is 260 g/mol. The Hall–Kier alpha value is -1.74. The molecule has 0 saturated heterocycles. The molecule has 100 valence electrons. The number of hydrogen-bond acceptors (Lipinski definition) is 6. The Balaban J connectivity index is 2.52. The van der Waals surface area contributed by atoms with Crippen molar-refractivity contribution in [3.05, 3.63) is 18.1 Å². The number of carboxylic acid groups (broad SMARTS) is 1. The number of nitrogens with zero attached hydrogens (tertiary/aromatic N) is 3. The fourth-order valence-corrected chi connectivity index (χ4v) is 1.75. The second-order valence-electron chi connectivity index (χ2n) is 3.62. The number of rotatable bonds is 6. The van der Waals surface area contributed by atoms with Crippen molar-refractivity contribution in [3.63, 3.8) is 0 Å². The molecule has 0 radical (unpaired) electrons. The van der Waals surface area contributed by atoms with E-state index in [2.05, 4.69) is 15.3 Å². The summed E-state index contributed by atoms with van der Waals surface area (Å²) in [4.78, 5) is 18.0. The third kappa shape index (κ3) is 3.93. The largest absolute Gasteiger partial charge is 0.476 e. The molecule has 9 heteroatoms. The molecule has 0 amide bonds. The van der Waals surface area contributed by atoms with Crippen LogP contribution in [0.3, 0.4) is 0 Å². The first-order valence-corrected chi connectivity index (χ1v) is 6.63. The summed E-state index contributed by atoms with van der Waals surface area (Å²) >= 11 is 0. The molecule has 0 aromatic carbocycles. The van der Waals surface area contributed by atoms with Crippen LogP contribution in [-0.4, -0.2) is 60.2 Å². The lowest BCUT2D eigenvalue weighted by atomic mass is 10.4. The lowest BCUT2D eigenvalue weighted by molar-refractivity contribution is 0.0690. The molecule has 0 fully saturated rings. The number of sulfonamides is 1. The van der Waals surface area contributed by atoms with Crippen LogP contribution in [0.2, 0.25) is 0 Å². The van der Waals surface area contributed by atoms with Crippen LogP contribution in [0.4, 0.5) is 5.82 Å². The maximum absolute atomic E-state index is 11.4. The Morgan fingerprint density at radius 1 is 1.39 bits per heavy atom. The van der Waals surface area contributed by atoms with E-state index in [-0.39, 0.29) is 18.0 Å². The fraction of sp³-hybridized carbons (Fsp3) is 0.444. The smallest absolute Gasteiger partial charge is 0.356 e. The zero-order valence-corrected chi connectivity index (χ0v) is 10.8. The van der Waals surface area contributed by atoms with E-state index < -0.39 is 16.0 Å². The summed E-state index contributed by atoms with van der Waals surface area (Å²) in [6.45, 7) is 0.168. The minimum absolute atomic E-state index is 0.0810. The van der Waals surface area contributed by atoms with Crippen molar-refractivity contribution in [1.29, 1.82) is 0 Å².